The molecule has 0 radical (unpaired) electrons. The number of carbonyl (C=O) groups excluding carboxylic acids is 1. The van der Waals surface area contributed by atoms with Gasteiger partial charge in [0.2, 0.25) is 0 Å². The number of alkyl carbamates (subject to hydrolysis) is 1. The number of hydrogen-bond acceptors (Lipinski definition) is 6. The molecular formula is C17H22NO6P. The lowest BCUT2D eigenvalue weighted by atomic mass is 10.0. The summed E-state index contributed by atoms with van der Waals surface area (Å²) in [5.41, 5.74) is -1.35. The summed E-state index contributed by atoms with van der Waals surface area (Å²) in [6.07, 6.45) is 4.43. The lowest BCUT2D eigenvalue weighted by Crippen LogP contribution is -2.49. The van der Waals surface area contributed by atoms with Crippen LogP contribution >= 0.6 is 7.60 Å². The third-order valence-electron chi connectivity index (χ3n) is 3.29. The highest BCUT2D eigenvalue weighted by Crippen LogP contribution is 2.49. The third-order valence-corrected chi connectivity index (χ3v) is 4.49. The molecule has 0 spiro atoms. The number of para-hydroxylation sites is 1. The van der Waals surface area contributed by atoms with Crippen LogP contribution in [-0.2, 0) is 18.6 Å². The minimum Gasteiger partial charge on any atom is -0.497 e. The molecule has 0 heterocycles. The topological polar surface area (TPSA) is 83.1 Å². The Balaban J connectivity index is 2.18. The van der Waals surface area contributed by atoms with E-state index in [0.717, 1.165) is 0 Å². The zero-order valence-electron chi connectivity index (χ0n) is 14.4. The average Bonchev–Trinajstić information content (AvgIpc) is 2.55. The van der Waals surface area contributed by atoms with Crippen molar-refractivity contribution < 1.29 is 27.9 Å². The van der Waals surface area contributed by atoms with Crippen LogP contribution in [0, 0.1) is 0 Å². The second kappa shape index (κ2) is 8.23. The normalized spacial score (nSPS) is 21.6. The monoisotopic (exact) mass is 367 g/mol. The van der Waals surface area contributed by atoms with Crippen molar-refractivity contribution in [3.05, 3.63) is 54.3 Å². The van der Waals surface area contributed by atoms with Gasteiger partial charge in [0.1, 0.15) is 11.5 Å². The maximum atomic E-state index is 12.8. The Morgan fingerprint density at radius 1 is 1.32 bits per heavy atom. The van der Waals surface area contributed by atoms with Gasteiger partial charge < -0.3 is 14.0 Å². The van der Waals surface area contributed by atoms with Gasteiger partial charge in [-0.2, -0.15) is 0 Å². The van der Waals surface area contributed by atoms with E-state index in [1.54, 1.807) is 49.4 Å². The Hall–Kier alpha value is -2.24. The molecule has 1 aromatic carbocycles. The summed E-state index contributed by atoms with van der Waals surface area (Å²) < 4.78 is 34.1. The molecule has 0 saturated heterocycles. The van der Waals surface area contributed by atoms with Crippen molar-refractivity contribution in [2.24, 2.45) is 0 Å². The molecule has 1 aliphatic carbocycles. The Labute approximate surface area is 147 Å². The molecule has 0 fully saturated rings. The fourth-order valence-corrected chi connectivity index (χ4v) is 3.58. The Morgan fingerprint density at radius 2 is 2.04 bits per heavy atom. The van der Waals surface area contributed by atoms with Crippen LogP contribution in [0.2, 0.25) is 0 Å². The SMILES string of the molecule is CCOC(=O)NC1(OP(C)(=O)Oc2ccccc2)C=CC(OC)=CC1. The van der Waals surface area contributed by atoms with Crippen LogP contribution in [0.15, 0.2) is 54.3 Å². The number of allylic oxidation sites excluding steroid dienone is 1. The molecular weight excluding hydrogens is 345 g/mol. The quantitative estimate of drug-likeness (QED) is 0.582. The molecule has 2 unspecified atom stereocenters. The number of hydrogen-bond donors (Lipinski definition) is 1. The van der Waals surface area contributed by atoms with Crippen LogP contribution in [-0.4, -0.2) is 32.2 Å². The maximum Gasteiger partial charge on any atom is 0.409 e. The Morgan fingerprint density at radius 3 is 2.60 bits per heavy atom. The molecule has 1 N–H and O–H groups in total. The molecule has 0 aromatic heterocycles. The van der Waals surface area contributed by atoms with Gasteiger partial charge in [0.25, 0.3) is 0 Å². The van der Waals surface area contributed by atoms with E-state index in [2.05, 4.69) is 5.32 Å². The number of ether oxygens (including phenoxy) is 2. The first-order valence-corrected chi connectivity index (χ1v) is 9.78. The molecule has 2 rings (SSSR count). The second-order valence-electron chi connectivity index (χ2n) is 5.35. The van der Waals surface area contributed by atoms with E-state index in [4.69, 9.17) is 18.5 Å². The van der Waals surface area contributed by atoms with Crippen LogP contribution in [0.1, 0.15) is 13.3 Å². The standard InChI is InChI=1S/C17H22NO6P/c1-4-22-16(19)18-17(12-10-14(21-2)11-13-17)24-25(3,20)23-15-8-6-5-7-9-15/h5-12H,4,13H2,1-3H3,(H,18,19). The van der Waals surface area contributed by atoms with Gasteiger partial charge in [-0.3, -0.25) is 9.84 Å². The molecule has 7 nitrogen and oxygen atoms in total. The van der Waals surface area contributed by atoms with Gasteiger partial charge in [0.15, 0.2) is 5.72 Å². The van der Waals surface area contributed by atoms with Crippen molar-refractivity contribution in [3.8, 4) is 5.75 Å². The summed E-state index contributed by atoms with van der Waals surface area (Å²) >= 11 is 0. The van der Waals surface area contributed by atoms with E-state index in [-0.39, 0.29) is 13.0 Å². The highest BCUT2D eigenvalue weighted by molar-refractivity contribution is 7.53. The number of nitrogens with one attached hydrogen (secondary N) is 1. The minimum absolute atomic E-state index is 0.203. The molecule has 136 valence electrons. The minimum atomic E-state index is -3.54. The number of amides is 1. The summed E-state index contributed by atoms with van der Waals surface area (Å²) in [6.45, 7) is 3.24. The summed E-state index contributed by atoms with van der Waals surface area (Å²) in [6, 6.07) is 8.68. The Bertz CT molecular complexity index is 702. The van der Waals surface area contributed by atoms with Crippen molar-refractivity contribution in [2.45, 2.75) is 19.1 Å². The molecule has 25 heavy (non-hydrogen) atoms. The van der Waals surface area contributed by atoms with Crippen molar-refractivity contribution >= 4 is 13.7 Å². The van der Waals surface area contributed by atoms with E-state index >= 15 is 0 Å². The predicted octanol–water partition coefficient (Wildman–Crippen LogP) is 3.84. The van der Waals surface area contributed by atoms with E-state index < -0.39 is 19.4 Å². The van der Waals surface area contributed by atoms with E-state index in [9.17, 15) is 9.36 Å². The fourth-order valence-electron chi connectivity index (χ4n) is 2.27. The first-order valence-electron chi connectivity index (χ1n) is 7.79. The lowest BCUT2D eigenvalue weighted by molar-refractivity contribution is 0.0598. The summed E-state index contributed by atoms with van der Waals surface area (Å²) in [5, 5.41) is 2.60. The van der Waals surface area contributed by atoms with Crippen molar-refractivity contribution in [1.82, 2.24) is 5.32 Å². The lowest BCUT2D eigenvalue weighted by Gasteiger charge is -2.34. The smallest absolute Gasteiger partial charge is 0.409 e. The zero-order valence-corrected chi connectivity index (χ0v) is 15.3. The van der Waals surface area contributed by atoms with E-state index in [1.165, 1.54) is 13.8 Å². The van der Waals surface area contributed by atoms with E-state index in [1.807, 2.05) is 6.07 Å². The van der Waals surface area contributed by atoms with Crippen molar-refractivity contribution in [3.63, 3.8) is 0 Å². The van der Waals surface area contributed by atoms with Crippen LogP contribution < -0.4 is 9.84 Å². The predicted molar refractivity (Wildman–Crippen MR) is 93.4 cm³/mol. The largest absolute Gasteiger partial charge is 0.497 e. The molecule has 0 saturated carbocycles. The average molecular weight is 367 g/mol. The van der Waals surface area contributed by atoms with Crippen LogP contribution in [0.3, 0.4) is 0 Å². The summed E-state index contributed by atoms with van der Waals surface area (Å²) in [4.78, 5) is 11.9. The Kier molecular flexibility index (Phi) is 6.28. The maximum absolute atomic E-state index is 12.8. The number of rotatable bonds is 7. The third kappa shape index (κ3) is 5.66. The van der Waals surface area contributed by atoms with Crippen molar-refractivity contribution in [1.29, 1.82) is 0 Å². The highest BCUT2D eigenvalue weighted by Gasteiger charge is 2.39. The van der Waals surface area contributed by atoms with Gasteiger partial charge in [-0.1, -0.05) is 18.2 Å². The fraction of sp³-hybridized carbons (Fsp3) is 0.353. The molecule has 2 atom stereocenters. The summed E-state index contributed by atoms with van der Waals surface area (Å²) in [5.74, 6) is 1.02. The molecule has 1 aromatic rings. The molecule has 8 heteroatoms. The van der Waals surface area contributed by atoms with Crippen molar-refractivity contribution in [2.75, 3.05) is 20.4 Å². The van der Waals surface area contributed by atoms with E-state index in [0.29, 0.717) is 11.5 Å². The second-order valence-corrected chi connectivity index (χ2v) is 7.26. The number of benzene rings is 1. The van der Waals surface area contributed by atoms with Gasteiger partial charge in [0, 0.05) is 6.42 Å². The molecule has 1 amide bonds. The van der Waals surface area contributed by atoms with Gasteiger partial charge in [-0.25, -0.2) is 9.36 Å². The number of methoxy groups -OCH3 is 1. The first-order chi connectivity index (χ1) is 11.9. The van der Waals surface area contributed by atoms with Gasteiger partial charge in [-0.05, 0) is 37.3 Å². The van der Waals surface area contributed by atoms with Gasteiger partial charge in [-0.15, -0.1) is 0 Å². The van der Waals surface area contributed by atoms with Crippen LogP contribution in [0.25, 0.3) is 0 Å². The highest BCUT2D eigenvalue weighted by atomic mass is 31.2. The van der Waals surface area contributed by atoms with Crippen LogP contribution in [0.5, 0.6) is 5.75 Å². The zero-order chi connectivity index (χ0) is 18.3. The molecule has 1 aliphatic rings. The van der Waals surface area contributed by atoms with Gasteiger partial charge in [0.05, 0.1) is 20.4 Å². The number of carbonyl (C=O) groups is 1. The van der Waals surface area contributed by atoms with Crippen LogP contribution in [0.4, 0.5) is 4.79 Å². The first kappa shape index (κ1) is 19.1. The molecule has 0 aliphatic heterocycles. The molecule has 0 bridgehead atoms. The summed E-state index contributed by atoms with van der Waals surface area (Å²) in [7, 11) is -2.01. The van der Waals surface area contributed by atoms with Gasteiger partial charge >= 0.3 is 13.7 Å².